The normalized spacial score (nSPS) is 18.3. The average molecular weight is 472 g/mol. The number of aryl methyl sites for hydroxylation is 3. The van der Waals surface area contributed by atoms with Crippen LogP contribution in [0.5, 0.6) is 0 Å². The monoisotopic (exact) mass is 471 g/mol. The van der Waals surface area contributed by atoms with Crippen molar-refractivity contribution in [3.8, 4) is 0 Å². The minimum atomic E-state index is -0.397. The Bertz CT molecular complexity index is 1250. The molecule has 4 rings (SSSR count). The maximum atomic E-state index is 13.3. The number of aromatic amines is 1. The first-order chi connectivity index (χ1) is 15.0. The van der Waals surface area contributed by atoms with Crippen LogP contribution in [0, 0.1) is 20.8 Å². The lowest BCUT2D eigenvalue weighted by Gasteiger charge is -2.41. The number of hydrogen-bond acceptors (Lipinski definition) is 6. The second-order valence-corrected chi connectivity index (χ2v) is 11.2. The molecule has 1 saturated heterocycles. The van der Waals surface area contributed by atoms with Crippen molar-refractivity contribution >= 4 is 39.2 Å². The van der Waals surface area contributed by atoms with Crippen molar-refractivity contribution in [2.45, 2.75) is 63.9 Å². The number of ether oxygens (including phenoxy) is 1. The van der Waals surface area contributed by atoms with E-state index in [0.29, 0.717) is 45.3 Å². The Morgan fingerprint density at radius 2 is 2.09 bits per heavy atom. The summed E-state index contributed by atoms with van der Waals surface area (Å²) in [6.45, 7) is 13.0. The van der Waals surface area contributed by atoms with Crippen LogP contribution in [0.4, 0.5) is 0 Å². The van der Waals surface area contributed by atoms with Crippen molar-refractivity contribution in [2.75, 3.05) is 13.1 Å². The van der Waals surface area contributed by atoms with Crippen LogP contribution >= 0.6 is 23.1 Å². The van der Waals surface area contributed by atoms with Gasteiger partial charge in [0.1, 0.15) is 10.7 Å². The Morgan fingerprint density at radius 1 is 1.34 bits per heavy atom. The second kappa shape index (κ2) is 8.65. The fourth-order valence-corrected chi connectivity index (χ4v) is 6.38. The maximum Gasteiger partial charge on any atom is 0.264 e. The third-order valence-electron chi connectivity index (χ3n) is 5.61. The van der Waals surface area contributed by atoms with Gasteiger partial charge in [-0.2, -0.15) is 0 Å². The Kier molecular flexibility index (Phi) is 6.22. The van der Waals surface area contributed by atoms with E-state index >= 15 is 0 Å². The number of carbonyl (C=O) groups excluding carboxylic acids is 1. The molecule has 170 valence electrons. The van der Waals surface area contributed by atoms with Gasteiger partial charge in [0.15, 0.2) is 0 Å². The molecule has 1 aliphatic heterocycles. The number of carbonyl (C=O) groups is 1. The molecule has 1 N–H and O–H groups in total. The number of rotatable bonds is 4. The van der Waals surface area contributed by atoms with E-state index in [1.807, 2.05) is 32.6 Å². The highest BCUT2D eigenvalue weighted by Crippen LogP contribution is 2.31. The van der Waals surface area contributed by atoms with Gasteiger partial charge in [-0.25, -0.2) is 4.98 Å². The molecule has 1 fully saturated rings. The Labute approximate surface area is 196 Å². The van der Waals surface area contributed by atoms with Gasteiger partial charge in [-0.1, -0.05) is 17.7 Å². The van der Waals surface area contributed by atoms with Crippen LogP contribution in [0.2, 0.25) is 0 Å². The zero-order chi connectivity index (χ0) is 23.2. The van der Waals surface area contributed by atoms with Crippen LogP contribution in [0.15, 0.2) is 27.9 Å². The molecule has 1 amide bonds. The van der Waals surface area contributed by atoms with Crippen molar-refractivity contribution in [3.05, 3.63) is 55.9 Å². The molecule has 0 radical (unpaired) electrons. The van der Waals surface area contributed by atoms with Crippen molar-refractivity contribution in [3.63, 3.8) is 0 Å². The number of fused-ring (bicyclic) bond motifs is 1. The molecule has 1 aliphatic rings. The highest BCUT2D eigenvalue weighted by molar-refractivity contribution is 7.98. The van der Waals surface area contributed by atoms with Gasteiger partial charge in [0, 0.05) is 18.0 Å². The van der Waals surface area contributed by atoms with Crippen LogP contribution < -0.4 is 5.56 Å². The van der Waals surface area contributed by atoms with Gasteiger partial charge in [-0.3, -0.25) is 9.59 Å². The van der Waals surface area contributed by atoms with E-state index in [1.165, 1.54) is 27.4 Å². The third kappa shape index (κ3) is 4.63. The quantitative estimate of drug-likeness (QED) is 0.551. The van der Waals surface area contributed by atoms with Gasteiger partial charge >= 0.3 is 0 Å². The summed E-state index contributed by atoms with van der Waals surface area (Å²) in [6, 6.07) is 6.34. The molecule has 1 atom stereocenters. The Morgan fingerprint density at radius 3 is 2.81 bits per heavy atom. The van der Waals surface area contributed by atoms with E-state index in [0.717, 1.165) is 0 Å². The minimum Gasteiger partial charge on any atom is -0.369 e. The molecule has 3 heterocycles. The topological polar surface area (TPSA) is 75.3 Å². The SMILES string of the molecule is Cc1ccc(C)c(SCc2nc3sc(C(=O)N4CC(C)OC(C)(C)C4)c(C)c3c(=O)[nH]2)c1. The number of amides is 1. The van der Waals surface area contributed by atoms with Crippen LogP contribution in [0.3, 0.4) is 0 Å². The summed E-state index contributed by atoms with van der Waals surface area (Å²) in [7, 11) is 0. The highest BCUT2D eigenvalue weighted by atomic mass is 32.2. The first-order valence-corrected chi connectivity index (χ1v) is 12.5. The molecule has 0 aliphatic carbocycles. The number of hydrogen-bond donors (Lipinski definition) is 1. The summed E-state index contributed by atoms with van der Waals surface area (Å²) < 4.78 is 5.93. The Hall–Kier alpha value is -2.16. The van der Waals surface area contributed by atoms with Gasteiger partial charge in [-0.05, 0) is 58.7 Å². The maximum absolute atomic E-state index is 13.3. The van der Waals surface area contributed by atoms with Crippen molar-refractivity contribution in [1.82, 2.24) is 14.9 Å². The molecule has 0 spiro atoms. The zero-order valence-electron chi connectivity index (χ0n) is 19.4. The average Bonchev–Trinajstić information content (AvgIpc) is 3.03. The predicted octanol–water partition coefficient (Wildman–Crippen LogP) is 4.84. The number of thiophene rings is 1. The second-order valence-electron chi connectivity index (χ2n) is 9.18. The summed E-state index contributed by atoms with van der Waals surface area (Å²) >= 11 is 2.96. The molecular formula is C24H29N3O3S2. The van der Waals surface area contributed by atoms with Gasteiger partial charge in [-0.15, -0.1) is 23.1 Å². The molecule has 32 heavy (non-hydrogen) atoms. The fraction of sp³-hybridized carbons (Fsp3) is 0.458. The van der Waals surface area contributed by atoms with Crippen LogP contribution in [-0.4, -0.2) is 45.6 Å². The van der Waals surface area contributed by atoms with E-state index < -0.39 is 5.60 Å². The van der Waals surface area contributed by atoms with Crippen molar-refractivity contribution < 1.29 is 9.53 Å². The standard InChI is InChI=1S/C24H29N3O3S2/c1-13-7-8-14(2)17(9-13)31-11-18-25-21(28)19-16(4)20(32-22(19)26-18)23(29)27-10-15(3)30-24(5,6)12-27/h7-9,15H,10-12H2,1-6H3,(H,25,26,28). The lowest BCUT2D eigenvalue weighted by Crippen LogP contribution is -2.53. The van der Waals surface area contributed by atoms with Crippen molar-refractivity contribution in [1.29, 1.82) is 0 Å². The molecule has 6 nitrogen and oxygen atoms in total. The predicted molar refractivity (Wildman–Crippen MR) is 131 cm³/mol. The molecular weight excluding hydrogens is 442 g/mol. The fourth-order valence-electron chi connectivity index (χ4n) is 4.22. The van der Waals surface area contributed by atoms with E-state index in [1.54, 1.807) is 11.8 Å². The zero-order valence-corrected chi connectivity index (χ0v) is 21.0. The minimum absolute atomic E-state index is 0.0346. The number of morpholine rings is 1. The van der Waals surface area contributed by atoms with E-state index in [9.17, 15) is 9.59 Å². The van der Waals surface area contributed by atoms with E-state index in [2.05, 4.69) is 37.0 Å². The number of aromatic nitrogens is 2. The molecule has 1 unspecified atom stereocenters. The van der Waals surface area contributed by atoms with Gasteiger partial charge in [0.2, 0.25) is 0 Å². The molecule has 8 heteroatoms. The molecule has 3 aromatic rings. The number of H-pyrrole nitrogens is 1. The van der Waals surface area contributed by atoms with Gasteiger partial charge in [0.25, 0.3) is 11.5 Å². The lowest BCUT2D eigenvalue weighted by atomic mass is 10.0. The number of nitrogens with zero attached hydrogens (tertiary/aromatic N) is 2. The summed E-state index contributed by atoms with van der Waals surface area (Å²) in [6.07, 6.45) is -0.0346. The van der Waals surface area contributed by atoms with Gasteiger partial charge in [0.05, 0.1) is 27.7 Å². The van der Waals surface area contributed by atoms with Crippen LogP contribution in [-0.2, 0) is 10.5 Å². The summed E-state index contributed by atoms with van der Waals surface area (Å²) in [5, 5.41) is 0.513. The first-order valence-electron chi connectivity index (χ1n) is 10.7. The molecule has 0 saturated carbocycles. The highest BCUT2D eigenvalue weighted by Gasteiger charge is 2.35. The molecule has 0 bridgehead atoms. The van der Waals surface area contributed by atoms with Crippen LogP contribution in [0.1, 0.15) is 53.0 Å². The lowest BCUT2D eigenvalue weighted by molar-refractivity contribution is -0.118. The van der Waals surface area contributed by atoms with E-state index in [-0.39, 0.29) is 17.6 Å². The molecule has 1 aromatic carbocycles. The number of benzene rings is 1. The first kappa shape index (κ1) is 23.0. The smallest absolute Gasteiger partial charge is 0.264 e. The van der Waals surface area contributed by atoms with E-state index in [4.69, 9.17) is 9.72 Å². The van der Waals surface area contributed by atoms with Crippen molar-refractivity contribution in [2.24, 2.45) is 0 Å². The van der Waals surface area contributed by atoms with Gasteiger partial charge < -0.3 is 14.6 Å². The summed E-state index contributed by atoms with van der Waals surface area (Å²) in [5.41, 5.74) is 2.52. The largest absolute Gasteiger partial charge is 0.369 e. The van der Waals surface area contributed by atoms with Crippen LogP contribution in [0.25, 0.3) is 10.2 Å². The third-order valence-corrected chi connectivity index (χ3v) is 7.95. The summed E-state index contributed by atoms with van der Waals surface area (Å²) in [5.74, 6) is 1.12. The summed E-state index contributed by atoms with van der Waals surface area (Å²) in [4.78, 5) is 38.0. The number of nitrogens with one attached hydrogen (secondary N) is 1. The Balaban J connectivity index is 1.62. The molecule has 2 aromatic heterocycles. The number of thioether (sulfide) groups is 1.